The molecule has 0 aromatic carbocycles. The van der Waals surface area contributed by atoms with Gasteiger partial charge in [-0.15, -0.1) is 0 Å². The Hall–Kier alpha value is -1.49. The van der Waals surface area contributed by atoms with Gasteiger partial charge >= 0.3 is 0 Å². The van der Waals surface area contributed by atoms with Gasteiger partial charge in [-0.3, -0.25) is 0 Å². The predicted octanol–water partition coefficient (Wildman–Crippen LogP) is 3.34. The molecule has 1 N–H and O–H groups in total. The fourth-order valence-electron chi connectivity index (χ4n) is 1.29. The van der Waals surface area contributed by atoms with Gasteiger partial charge in [0.25, 0.3) is 0 Å². The number of pyridine rings is 1. The molecule has 0 bridgehead atoms. The van der Waals surface area contributed by atoms with Gasteiger partial charge in [-0.2, -0.15) is 11.3 Å². The van der Waals surface area contributed by atoms with Crippen LogP contribution in [0, 0.1) is 18.6 Å². The summed E-state index contributed by atoms with van der Waals surface area (Å²) < 4.78 is 25.8. The number of rotatable bonds is 3. The van der Waals surface area contributed by atoms with E-state index in [0.717, 1.165) is 23.4 Å². The first-order valence-electron chi connectivity index (χ1n) is 4.73. The maximum absolute atomic E-state index is 13.2. The van der Waals surface area contributed by atoms with Gasteiger partial charge in [-0.25, -0.2) is 13.8 Å². The Kier molecular flexibility index (Phi) is 3.14. The number of nitrogens with zero attached hydrogens (tertiary/aromatic N) is 1. The van der Waals surface area contributed by atoms with Crippen LogP contribution in [-0.2, 0) is 6.54 Å². The third-order valence-electron chi connectivity index (χ3n) is 2.22. The number of halogens is 2. The summed E-state index contributed by atoms with van der Waals surface area (Å²) in [5.74, 6) is -1.27. The first kappa shape index (κ1) is 11.0. The van der Waals surface area contributed by atoms with Gasteiger partial charge in [-0.1, -0.05) is 0 Å². The molecule has 2 rings (SSSR count). The predicted molar refractivity (Wildman–Crippen MR) is 60.5 cm³/mol. The average molecular weight is 240 g/mol. The van der Waals surface area contributed by atoms with Crippen LogP contribution in [0.1, 0.15) is 11.1 Å². The molecule has 0 aliphatic rings. The summed E-state index contributed by atoms with van der Waals surface area (Å²) in [6.07, 6.45) is 0.992. The maximum Gasteiger partial charge on any atom is 0.168 e. The third kappa shape index (κ3) is 2.36. The Morgan fingerprint density at radius 1 is 1.38 bits per heavy atom. The molecular weight excluding hydrogens is 230 g/mol. The van der Waals surface area contributed by atoms with Crippen molar-refractivity contribution in [2.45, 2.75) is 13.5 Å². The lowest BCUT2D eigenvalue weighted by atomic mass is 10.2. The number of aryl methyl sites for hydroxylation is 1. The number of hydrogen-bond donors (Lipinski definition) is 1. The molecule has 0 unspecified atom stereocenters. The minimum Gasteiger partial charge on any atom is -0.364 e. The van der Waals surface area contributed by atoms with Gasteiger partial charge in [0.15, 0.2) is 11.6 Å². The highest BCUT2D eigenvalue weighted by Crippen LogP contribution is 2.17. The van der Waals surface area contributed by atoms with E-state index >= 15 is 0 Å². The molecule has 0 atom stereocenters. The number of anilines is 1. The Morgan fingerprint density at radius 3 is 2.81 bits per heavy atom. The molecule has 16 heavy (non-hydrogen) atoms. The van der Waals surface area contributed by atoms with E-state index in [1.54, 1.807) is 11.3 Å². The average Bonchev–Trinajstić information content (AvgIpc) is 2.63. The molecule has 2 aromatic rings. The zero-order valence-corrected chi connectivity index (χ0v) is 9.44. The molecule has 0 radical (unpaired) electrons. The second-order valence-electron chi connectivity index (χ2n) is 3.42. The van der Waals surface area contributed by atoms with E-state index < -0.39 is 11.6 Å². The van der Waals surface area contributed by atoms with E-state index in [9.17, 15) is 8.78 Å². The molecule has 0 aliphatic heterocycles. The monoisotopic (exact) mass is 240 g/mol. The van der Waals surface area contributed by atoms with Crippen LogP contribution in [0.2, 0.25) is 0 Å². The lowest BCUT2D eigenvalue weighted by Gasteiger charge is -2.05. The number of aromatic nitrogens is 1. The molecule has 0 amide bonds. The normalized spacial score (nSPS) is 10.4. The fourth-order valence-corrected chi connectivity index (χ4v) is 2.15. The van der Waals surface area contributed by atoms with Crippen molar-refractivity contribution in [2.75, 3.05) is 5.32 Å². The van der Waals surface area contributed by atoms with Crippen molar-refractivity contribution in [3.8, 4) is 0 Å². The van der Waals surface area contributed by atoms with Crippen molar-refractivity contribution in [3.05, 3.63) is 45.8 Å². The van der Waals surface area contributed by atoms with E-state index in [1.165, 1.54) is 0 Å². The van der Waals surface area contributed by atoms with Gasteiger partial charge in [-0.05, 0) is 28.8 Å². The van der Waals surface area contributed by atoms with Crippen LogP contribution in [0.3, 0.4) is 0 Å². The summed E-state index contributed by atoms with van der Waals surface area (Å²) in [7, 11) is 0. The molecule has 0 saturated heterocycles. The van der Waals surface area contributed by atoms with E-state index in [-0.39, 0.29) is 5.82 Å². The van der Waals surface area contributed by atoms with Crippen molar-refractivity contribution in [1.82, 2.24) is 4.98 Å². The minimum atomic E-state index is -0.673. The molecule has 2 aromatic heterocycles. The van der Waals surface area contributed by atoms with E-state index in [0.29, 0.717) is 6.54 Å². The summed E-state index contributed by atoms with van der Waals surface area (Å²) in [6, 6.07) is 0.815. The third-order valence-corrected chi connectivity index (χ3v) is 3.13. The van der Waals surface area contributed by atoms with Crippen LogP contribution < -0.4 is 5.32 Å². The Bertz CT molecular complexity index is 496. The maximum atomic E-state index is 13.2. The van der Waals surface area contributed by atoms with Crippen LogP contribution in [0.25, 0.3) is 0 Å². The number of hydrogen-bond acceptors (Lipinski definition) is 3. The number of thiophene rings is 1. The molecule has 2 heterocycles. The van der Waals surface area contributed by atoms with E-state index in [2.05, 4.69) is 10.3 Å². The first-order chi connectivity index (χ1) is 7.66. The van der Waals surface area contributed by atoms with Crippen LogP contribution in [0.4, 0.5) is 14.6 Å². The summed E-state index contributed by atoms with van der Waals surface area (Å²) in [6.45, 7) is 2.48. The van der Waals surface area contributed by atoms with E-state index in [1.807, 2.05) is 17.7 Å². The molecule has 0 aliphatic carbocycles. The van der Waals surface area contributed by atoms with E-state index in [4.69, 9.17) is 0 Å². The highest BCUT2D eigenvalue weighted by Gasteiger charge is 2.05. The van der Waals surface area contributed by atoms with Gasteiger partial charge in [0, 0.05) is 12.6 Å². The Labute approximate surface area is 96.0 Å². The Balaban J connectivity index is 2.08. The summed E-state index contributed by atoms with van der Waals surface area (Å²) >= 11 is 1.59. The van der Waals surface area contributed by atoms with Crippen molar-refractivity contribution in [1.29, 1.82) is 0 Å². The van der Waals surface area contributed by atoms with Gasteiger partial charge in [0.1, 0.15) is 5.82 Å². The molecule has 0 spiro atoms. The van der Waals surface area contributed by atoms with Crippen LogP contribution in [0.5, 0.6) is 0 Å². The lowest BCUT2D eigenvalue weighted by Crippen LogP contribution is -2.04. The van der Waals surface area contributed by atoms with Gasteiger partial charge in [0.05, 0.1) is 6.20 Å². The van der Waals surface area contributed by atoms with Crippen molar-refractivity contribution >= 4 is 17.2 Å². The highest BCUT2D eigenvalue weighted by molar-refractivity contribution is 7.08. The summed E-state index contributed by atoms with van der Waals surface area (Å²) in [5.41, 5.74) is 2.25. The molecule has 84 valence electrons. The zero-order chi connectivity index (χ0) is 11.5. The second-order valence-corrected chi connectivity index (χ2v) is 4.16. The second kappa shape index (κ2) is 4.57. The van der Waals surface area contributed by atoms with Crippen molar-refractivity contribution < 1.29 is 8.78 Å². The molecule has 0 fully saturated rings. The minimum absolute atomic E-state index is 0.0759. The molecule has 0 saturated carbocycles. The summed E-state index contributed by atoms with van der Waals surface area (Å²) in [4.78, 5) is 3.65. The van der Waals surface area contributed by atoms with Crippen LogP contribution >= 0.6 is 11.3 Å². The van der Waals surface area contributed by atoms with Gasteiger partial charge in [0.2, 0.25) is 0 Å². The van der Waals surface area contributed by atoms with Crippen molar-refractivity contribution in [3.63, 3.8) is 0 Å². The Morgan fingerprint density at radius 2 is 2.19 bits per heavy atom. The summed E-state index contributed by atoms with van der Waals surface area (Å²) in [5, 5.41) is 6.85. The van der Waals surface area contributed by atoms with Crippen LogP contribution in [-0.4, -0.2) is 4.98 Å². The quantitative estimate of drug-likeness (QED) is 0.890. The molecule has 2 nitrogen and oxygen atoms in total. The topological polar surface area (TPSA) is 24.9 Å². The largest absolute Gasteiger partial charge is 0.364 e. The SMILES string of the molecule is Cc1cscc1CNc1ncc(F)cc1F. The molecular formula is C11H10F2N2S. The highest BCUT2D eigenvalue weighted by atomic mass is 32.1. The van der Waals surface area contributed by atoms with Crippen molar-refractivity contribution in [2.24, 2.45) is 0 Å². The molecule has 5 heteroatoms. The fraction of sp³-hybridized carbons (Fsp3) is 0.182. The van der Waals surface area contributed by atoms with Gasteiger partial charge < -0.3 is 5.32 Å². The smallest absolute Gasteiger partial charge is 0.168 e. The number of nitrogens with one attached hydrogen (secondary N) is 1. The zero-order valence-electron chi connectivity index (χ0n) is 8.63. The standard InChI is InChI=1S/C11H10F2N2S/c1-7-5-16-6-8(7)3-14-11-10(13)2-9(12)4-15-11/h2,4-6H,3H2,1H3,(H,14,15). The van der Waals surface area contributed by atoms with Crippen LogP contribution in [0.15, 0.2) is 23.0 Å². The first-order valence-corrected chi connectivity index (χ1v) is 5.67. The lowest BCUT2D eigenvalue weighted by molar-refractivity contribution is 0.575.